The topological polar surface area (TPSA) is 81.7 Å². The van der Waals surface area contributed by atoms with Crippen molar-refractivity contribution in [3.8, 4) is 11.5 Å². The molecule has 0 aliphatic heterocycles. The van der Waals surface area contributed by atoms with Gasteiger partial charge in [0.25, 0.3) is 0 Å². The first kappa shape index (κ1) is 16.5. The van der Waals surface area contributed by atoms with Gasteiger partial charge in [-0.2, -0.15) is 0 Å². The van der Waals surface area contributed by atoms with Gasteiger partial charge in [0.1, 0.15) is 11.5 Å². The normalized spacial score (nSPS) is 11.9. The van der Waals surface area contributed by atoms with E-state index >= 15 is 0 Å². The Bertz CT molecular complexity index is 704. The highest BCUT2D eigenvalue weighted by molar-refractivity contribution is 7.94. The van der Waals surface area contributed by atoms with Crippen molar-refractivity contribution in [3.05, 3.63) is 60.7 Å². The van der Waals surface area contributed by atoms with Crippen LogP contribution in [0.1, 0.15) is 6.92 Å². The first-order valence-electron chi connectivity index (χ1n) is 6.53. The van der Waals surface area contributed by atoms with E-state index in [2.05, 4.69) is 0 Å². The highest BCUT2D eigenvalue weighted by atomic mass is 32.2. The van der Waals surface area contributed by atoms with E-state index in [1.54, 1.807) is 60.7 Å². The van der Waals surface area contributed by atoms with Gasteiger partial charge < -0.3 is 9.05 Å². The Morgan fingerprint density at radius 2 is 1.32 bits per heavy atom. The van der Waals surface area contributed by atoms with Gasteiger partial charge in [-0.05, 0) is 31.2 Å². The van der Waals surface area contributed by atoms with Gasteiger partial charge in [0.2, 0.25) is 10.0 Å². The molecular weight excluding hydrogens is 325 g/mol. The van der Waals surface area contributed by atoms with Crippen LogP contribution >= 0.6 is 7.75 Å². The van der Waals surface area contributed by atoms with E-state index in [0.29, 0.717) is 0 Å². The summed E-state index contributed by atoms with van der Waals surface area (Å²) in [6.07, 6.45) is 0. The van der Waals surface area contributed by atoms with E-state index in [-0.39, 0.29) is 17.3 Å². The standard InChI is InChI=1S/C14H16NO5PS/c1-2-22(17,18)15-21(16,19-13-9-5-3-6-10-13)20-14-11-7-4-8-12-14/h3-12H,2H2,1H3,(H,15,16). The minimum absolute atomic E-state index is 0.237. The molecule has 2 rings (SSSR count). The second-order valence-electron chi connectivity index (χ2n) is 4.30. The summed E-state index contributed by atoms with van der Waals surface area (Å²) in [5.41, 5.74) is 0. The fourth-order valence-electron chi connectivity index (χ4n) is 1.53. The van der Waals surface area contributed by atoms with Gasteiger partial charge in [0, 0.05) is 0 Å². The molecule has 6 nitrogen and oxygen atoms in total. The monoisotopic (exact) mass is 341 g/mol. The van der Waals surface area contributed by atoms with Gasteiger partial charge in [-0.1, -0.05) is 40.9 Å². The molecule has 0 aromatic heterocycles. The van der Waals surface area contributed by atoms with Crippen molar-refractivity contribution in [2.75, 3.05) is 5.75 Å². The van der Waals surface area contributed by atoms with Crippen molar-refractivity contribution in [1.82, 2.24) is 4.49 Å². The van der Waals surface area contributed by atoms with Gasteiger partial charge >= 0.3 is 7.75 Å². The van der Waals surface area contributed by atoms with E-state index in [1.165, 1.54) is 6.92 Å². The average molecular weight is 341 g/mol. The molecule has 0 radical (unpaired) electrons. The van der Waals surface area contributed by atoms with Crippen LogP contribution in [-0.2, 0) is 14.6 Å². The number of nitrogens with one attached hydrogen (secondary N) is 1. The maximum atomic E-state index is 12.8. The minimum Gasteiger partial charge on any atom is -0.404 e. The molecule has 0 amide bonds. The molecule has 0 heterocycles. The maximum Gasteiger partial charge on any atom is 0.526 e. The van der Waals surface area contributed by atoms with Crippen LogP contribution in [0.15, 0.2) is 60.7 Å². The summed E-state index contributed by atoms with van der Waals surface area (Å²) in [5.74, 6) is 0.231. The van der Waals surface area contributed by atoms with Crippen molar-refractivity contribution in [2.45, 2.75) is 6.92 Å². The van der Waals surface area contributed by atoms with E-state index in [1.807, 2.05) is 4.49 Å². The van der Waals surface area contributed by atoms with E-state index in [0.717, 1.165) is 0 Å². The highest BCUT2D eigenvalue weighted by Crippen LogP contribution is 2.45. The van der Waals surface area contributed by atoms with Crippen LogP contribution in [0.25, 0.3) is 0 Å². The summed E-state index contributed by atoms with van der Waals surface area (Å²) < 4.78 is 48.9. The number of rotatable bonds is 7. The van der Waals surface area contributed by atoms with E-state index < -0.39 is 17.8 Å². The van der Waals surface area contributed by atoms with Crippen molar-refractivity contribution in [2.24, 2.45) is 0 Å². The van der Waals surface area contributed by atoms with Crippen molar-refractivity contribution >= 4 is 17.8 Å². The lowest BCUT2D eigenvalue weighted by Crippen LogP contribution is -2.27. The van der Waals surface area contributed by atoms with Crippen LogP contribution in [0, 0.1) is 0 Å². The predicted octanol–water partition coefficient (Wildman–Crippen LogP) is 3.19. The highest BCUT2D eigenvalue weighted by Gasteiger charge is 2.33. The summed E-state index contributed by atoms with van der Waals surface area (Å²) in [4.78, 5) is 0. The Kier molecular flexibility index (Phi) is 5.24. The Labute approximate surface area is 129 Å². The lowest BCUT2D eigenvalue weighted by Gasteiger charge is -2.19. The predicted molar refractivity (Wildman–Crippen MR) is 84.3 cm³/mol. The molecule has 0 saturated carbocycles. The maximum absolute atomic E-state index is 12.8. The van der Waals surface area contributed by atoms with Crippen LogP contribution in [0.5, 0.6) is 11.5 Å². The first-order chi connectivity index (χ1) is 10.4. The molecule has 0 unspecified atom stereocenters. The Morgan fingerprint density at radius 3 is 1.68 bits per heavy atom. The fraction of sp³-hybridized carbons (Fsp3) is 0.143. The zero-order valence-electron chi connectivity index (χ0n) is 11.9. The van der Waals surface area contributed by atoms with Crippen molar-refractivity contribution in [3.63, 3.8) is 0 Å². The lowest BCUT2D eigenvalue weighted by molar-refractivity contribution is 0.381. The Balaban J connectivity index is 2.29. The zero-order chi connectivity index (χ0) is 16.1. The molecule has 0 saturated heterocycles. The molecular formula is C14H16NO5PS. The van der Waals surface area contributed by atoms with Gasteiger partial charge in [-0.25, -0.2) is 13.0 Å². The number of hydrogen-bond donors (Lipinski definition) is 1. The van der Waals surface area contributed by atoms with Crippen LogP contribution in [0.3, 0.4) is 0 Å². The summed E-state index contributed by atoms with van der Waals surface area (Å²) in [6, 6.07) is 16.4. The van der Waals surface area contributed by atoms with Crippen LogP contribution in [-0.4, -0.2) is 14.2 Å². The summed E-state index contributed by atoms with van der Waals surface area (Å²) in [5, 5.41) is 0. The third-order valence-electron chi connectivity index (χ3n) is 2.57. The molecule has 22 heavy (non-hydrogen) atoms. The molecule has 0 bridgehead atoms. The Morgan fingerprint density at radius 1 is 0.909 bits per heavy atom. The van der Waals surface area contributed by atoms with E-state index in [9.17, 15) is 13.0 Å². The van der Waals surface area contributed by atoms with Crippen molar-refractivity contribution in [1.29, 1.82) is 0 Å². The van der Waals surface area contributed by atoms with Crippen molar-refractivity contribution < 1.29 is 22.0 Å². The molecule has 2 aromatic carbocycles. The Hall–Kier alpha value is -1.82. The molecule has 0 aliphatic carbocycles. The molecule has 2 aromatic rings. The number of benzene rings is 2. The quantitative estimate of drug-likeness (QED) is 0.782. The SMILES string of the molecule is CCS(=O)(=O)NP(=O)(Oc1ccccc1)Oc1ccccc1. The summed E-state index contributed by atoms with van der Waals surface area (Å²) >= 11 is 0. The van der Waals surface area contributed by atoms with Gasteiger partial charge in [0.05, 0.1) is 5.75 Å². The van der Waals surface area contributed by atoms with Crippen LogP contribution < -0.4 is 13.5 Å². The number of para-hydroxylation sites is 2. The second kappa shape index (κ2) is 6.96. The van der Waals surface area contributed by atoms with Gasteiger partial charge in [0.15, 0.2) is 0 Å². The third kappa shape index (κ3) is 4.87. The molecule has 0 atom stereocenters. The minimum atomic E-state index is -4.14. The molecule has 8 heteroatoms. The van der Waals surface area contributed by atoms with Gasteiger partial charge in [-0.15, -0.1) is 0 Å². The third-order valence-corrected chi connectivity index (χ3v) is 6.24. The molecule has 1 N–H and O–H groups in total. The average Bonchev–Trinajstić information content (AvgIpc) is 2.48. The first-order valence-corrected chi connectivity index (χ1v) is 9.73. The summed E-state index contributed by atoms with van der Waals surface area (Å²) in [7, 11) is -7.92. The molecule has 0 aliphatic rings. The molecule has 0 fully saturated rings. The smallest absolute Gasteiger partial charge is 0.404 e. The fourth-order valence-corrected chi connectivity index (χ4v) is 4.54. The van der Waals surface area contributed by atoms with Gasteiger partial charge in [-0.3, -0.25) is 0 Å². The largest absolute Gasteiger partial charge is 0.526 e. The molecule has 0 spiro atoms. The second-order valence-corrected chi connectivity index (χ2v) is 8.20. The van der Waals surface area contributed by atoms with E-state index in [4.69, 9.17) is 9.05 Å². The summed E-state index contributed by atoms with van der Waals surface area (Å²) in [6.45, 7) is 1.43. The van der Waals surface area contributed by atoms with Crippen LogP contribution in [0.2, 0.25) is 0 Å². The number of hydrogen-bond acceptors (Lipinski definition) is 5. The van der Waals surface area contributed by atoms with Crippen LogP contribution in [0.4, 0.5) is 0 Å². The molecule has 118 valence electrons. The lowest BCUT2D eigenvalue weighted by atomic mass is 10.3. The number of sulfonamides is 1. The zero-order valence-corrected chi connectivity index (χ0v) is 13.6.